The lowest BCUT2D eigenvalue weighted by Crippen LogP contribution is -2.32. The number of ether oxygens (including phenoxy) is 1. The predicted octanol–water partition coefficient (Wildman–Crippen LogP) is 0.0887. The van der Waals surface area contributed by atoms with E-state index in [0.29, 0.717) is 0 Å². The van der Waals surface area contributed by atoms with E-state index in [1.807, 2.05) is 0 Å². The molecule has 0 amide bonds. The molecule has 0 aliphatic rings. The van der Waals surface area contributed by atoms with Gasteiger partial charge in [-0.15, -0.1) is 4.40 Å². The minimum Gasteiger partial charge on any atom is -0.528 e. The lowest BCUT2D eigenvalue weighted by atomic mass is 11.2. The molecule has 15 heavy (non-hydrogen) atoms. The van der Waals surface area contributed by atoms with E-state index >= 15 is 0 Å². The van der Waals surface area contributed by atoms with E-state index < -0.39 is 28.0 Å². The van der Waals surface area contributed by atoms with Crippen molar-refractivity contribution >= 4 is 16.1 Å². The van der Waals surface area contributed by atoms with Gasteiger partial charge in [-0.2, -0.15) is 34.8 Å². The number of hydrogen-bond donors (Lipinski definition) is 0. The average Bonchev–Trinajstić information content (AvgIpc) is 1.75. The fraction of sp³-hybridized carbons (Fsp3) is 0.667. The molecule has 12 heteroatoms. The summed E-state index contributed by atoms with van der Waals surface area (Å²) in [5.74, 6) is 0. The van der Waals surface area contributed by atoms with Crippen molar-refractivity contribution in [1.82, 2.24) is 0 Å². The molecule has 0 aliphatic heterocycles. The lowest BCUT2D eigenvalue weighted by molar-refractivity contribution is -0.343. The first-order valence-corrected chi connectivity index (χ1v) is 4.13. The average molecular weight is 260 g/mol. The van der Waals surface area contributed by atoms with Gasteiger partial charge in [-0.1, -0.05) is 0 Å². The summed E-state index contributed by atoms with van der Waals surface area (Å²) in [6.07, 6.45) is -8.53. The summed E-state index contributed by atoms with van der Waals surface area (Å²) >= 11 is 0. The van der Waals surface area contributed by atoms with Gasteiger partial charge in [-0.25, -0.2) is 0 Å². The molecule has 0 bridgehead atoms. The van der Waals surface area contributed by atoms with Crippen molar-refractivity contribution in [2.45, 2.75) is 11.9 Å². The van der Waals surface area contributed by atoms with Crippen LogP contribution in [0.25, 0.3) is 0 Å². The van der Waals surface area contributed by atoms with Crippen molar-refractivity contribution in [1.29, 1.82) is 0 Å². The van der Waals surface area contributed by atoms with Gasteiger partial charge in [0.05, 0.1) is 0 Å². The van der Waals surface area contributed by atoms with E-state index in [1.165, 1.54) is 4.40 Å². The maximum absolute atomic E-state index is 11.5. The molecule has 0 rings (SSSR count). The van der Waals surface area contributed by atoms with Gasteiger partial charge in [0.2, 0.25) is 0 Å². The molecule has 0 fully saturated rings. The quantitative estimate of drug-likeness (QED) is 0.380. The molecule has 0 aromatic rings. The molecule has 0 aromatic carbocycles. The number of hydrogen-bond acceptors (Lipinski definition) is 4. The van der Waals surface area contributed by atoms with E-state index in [1.54, 1.807) is 0 Å². The molecule has 0 heterocycles. The van der Waals surface area contributed by atoms with Crippen LogP contribution < -0.4 is 5.11 Å². The Morgan fingerprint density at radius 1 is 1.13 bits per heavy atom. The van der Waals surface area contributed by atoms with Crippen LogP contribution in [0.3, 0.4) is 0 Å². The fourth-order valence-corrected chi connectivity index (χ4v) is 0.605. The summed E-state index contributed by atoms with van der Waals surface area (Å²) in [5, 5.41) is 9.93. The largest absolute Gasteiger partial charge is 0.528 e. The van der Waals surface area contributed by atoms with Gasteiger partial charge in [0.1, 0.15) is 0 Å². The van der Waals surface area contributed by atoms with E-state index in [-0.39, 0.29) is 0 Å². The van der Waals surface area contributed by atoms with Crippen molar-refractivity contribution in [3.8, 4) is 0 Å². The molecule has 0 N–H and O–H groups in total. The van der Waals surface area contributed by atoms with Crippen molar-refractivity contribution < 1.29 is 44.6 Å². The first-order chi connectivity index (χ1) is 6.35. The van der Waals surface area contributed by atoms with E-state index in [0.717, 1.165) is 0 Å². The van der Waals surface area contributed by atoms with Crippen LogP contribution in [0.1, 0.15) is 0 Å². The maximum atomic E-state index is 11.5. The summed E-state index contributed by atoms with van der Waals surface area (Å²) in [7, 11) is -6.32. The Bertz CT molecular complexity index is 352. The van der Waals surface area contributed by atoms with Crippen LogP contribution in [0.4, 0.5) is 26.3 Å². The first kappa shape index (κ1) is 13.8. The fourth-order valence-electron chi connectivity index (χ4n) is 0.268. The number of halogens is 6. The summed E-state index contributed by atoms with van der Waals surface area (Å²) in [5.41, 5.74) is -5.96. The molecule has 0 aromatic heterocycles. The van der Waals surface area contributed by atoms with Crippen LogP contribution in [-0.2, 0) is 14.8 Å². The molecule has 0 saturated carbocycles. The lowest BCUT2D eigenvalue weighted by Gasteiger charge is -2.16. The zero-order valence-corrected chi connectivity index (χ0v) is 7.07. The molecule has 0 spiro atoms. The predicted molar refractivity (Wildman–Crippen MR) is 29.5 cm³/mol. The molecular formula is C3F6NO4S-. The maximum Gasteiger partial charge on any atom is 0.518 e. The van der Waals surface area contributed by atoms with E-state index in [2.05, 4.69) is 4.74 Å². The molecule has 0 aliphatic carbocycles. The third-order valence-corrected chi connectivity index (χ3v) is 1.66. The van der Waals surface area contributed by atoms with Crippen molar-refractivity contribution in [3.63, 3.8) is 0 Å². The number of alkyl halides is 6. The Balaban J connectivity index is 4.94. The number of sulfonamides is 1. The molecule has 0 saturated heterocycles. The molecular weight excluding hydrogens is 260 g/mol. The molecule has 0 atom stereocenters. The van der Waals surface area contributed by atoms with Crippen molar-refractivity contribution in [2.75, 3.05) is 0 Å². The van der Waals surface area contributed by atoms with Crippen LogP contribution in [-0.4, -0.2) is 26.4 Å². The topological polar surface area (TPSA) is 78.8 Å². The highest BCUT2D eigenvalue weighted by Gasteiger charge is 2.46. The second-order valence-electron chi connectivity index (χ2n) is 1.83. The van der Waals surface area contributed by atoms with E-state index in [4.69, 9.17) is 0 Å². The van der Waals surface area contributed by atoms with Gasteiger partial charge in [0, 0.05) is 0 Å². The van der Waals surface area contributed by atoms with Crippen LogP contribution in [0.5, 0.6) is 0 Å². The van der Waals surface area contributed by atoms with Gasteiger partial charge in [-0.3, -0.25) is 0 Å². The Morgan fingerprint density at radius 3 is 1.80 bits per heavy atom. The van der Waals surface area contributed by atoms with E-state index in [9.17, 15) is 39.9 Å². The monoisotopic (exact) mass is 260 g/mol. The highest BCUT2D eigenvalue weighted by Crippen LogP contribution is 2.25. The Labute approximate surface area is 78.0 Å². The van der Waals surface area contributed by atoms with Crippen LogP contribution in [0, 0.1) is 0 Å². The number of rotatable bonds is 1. The normalized spacial score (nSPS) is 15.2. The van der Waals surface area contributed by atoms with Crippen molar-refractivity contribution in [3.05, 3.63) is 0 Å². The standard InChI is InChI=1S/C3HF6NO4S/c4-2(5,6)14-1(11)10-15(12,13)3(7,8)9/h(H,10,11)/p-1. The second kappa shape index (κ2) is 3.75. The van der Waals surface area contributed by atoms with Crippen LogP contribution in [0.2, 0.25) is 0 Å². The summed E-state index contributed by atoms with van der Waals surface area (Å²) in [6.45, 7) is 0. The Morgan fingerprint density at radius 2 is 1.53 bits per heavy atom. The molecule has 0 radical (unpaired) electrons. The Kier molecular flexibility index (Phi) is 3.45. The van der Waals surface area contributed by atoms with Crippen LogP contribution >= 0.6 is 0 Å². The molecule has 90 valence electrons. The highest BCUT2D eigenvalue weighted by atomic mass is 32.2. The Hall–Kier alpha value is -1.20. The highest BCUT2D eigenvalue weighted by molar-refractivity contribution is 7.91. The number of nitrogens with zero attached hydrogens (tertiary/aromatic N) is 1. The van der Waals surface area contributed by atoms with Crippen LogP contribution in [0.15, 0.2) is 4.40 Å². The smallest absolute Gasteiger partial charge is 0.518 e. The SMILES string of the molecule is O=S(=O)(/N=C(/[O-])OC(F)(F)F)C(F)(F)F. The minimum atomic E-state index is -6.32. The zero-order chi connectivity index (χ0) is 12.5. The van der Waals surface area contributed by atoms with Gasteiger partial charge in [-0.05, 0) is 0 Å². The second-order valence-corrected chi connectivity index (χ2v) is 3.42. The summed E-state index contributed by atoms with van der Waals surface area (Å²) in [4.78, 5) is 0. The first-order valence-electron chi connectivity index (χ1n) is 2.69. The molecule has 5 nitrogen and oxygen atoms in total. The van der Waals surface area contributed by atoms with Crippen molar-refractivity contribution in [2.24, 2.45) is 4.40 Å². The minimum absolute atomic E-state index is 1.23. The van der Waals surface area contributed by atoms with Gasteiger partial charge >= 0.3 is 21.9 Å². The summed E-state index contributed by atoms with van der Waals surface area (Å²) < 4.78 is 91.5. The van der Waals surface area contributed by atoms with Gasteiger partial charge < -0.3 is 9.84 Å². The third kappa shape index (κ3) is 4.71. The zero-order valence-electron chi connectivity index (χ0n) is 6.26. The third-order valence-electron chi connectivity index (χ3n) is 0.690. The van der Waals surface area contributed by atoms with Gasteiger partial charge in [0.25, 0.3) is 0 Å². The molecule has 0 unspecified atom stereocenters. The summed E-state index contributed by atoms with van der Waals surface area (Å²) in [6, 6.07) is 0. The van der Waals surface area contributed by atoms with Gasteiger partial charge in [0.15, 0.2) is 6.08 Å².